The third kappa shape index (κ3) is 2.43. The van der Waals surface area contributed by atoms with Crippen LogP contribution in [-0.4, -0.2) is 21.0 Å². The van der Waals surface area contributed by atoms with E-state index in [1.165, 1.54) is 24.0 Å². The van der Waals surface area contributed by atoms with E-state index in [1.807, 2.05) is 10.9 Å². The summed E-state index contributed by atoms with van der Waals surface area (Å²) in [4.78, 5) is 0. The van der Waals surface area contributed by atoms with Crippen LogP contribution in [0.1, 0.15) is 25.3 Å². The number of rotatable bonds is 5. The molecule has 0 saturated heterocycles. The van der Waals surface area contributed by atoms with E-state index in [0.29, 0.717) is 0 Å². The second-order valence-corrected chi connectivity index (χ2v) is 4.79. The van der Waals surface area contributed by atoms with Gasteiger partial charge in [0.15, 0.2) is 0 Å². The van der Waals surface area contributed by atoms with Crippen LogP contribution in [0.5, 0.6) is 0 Å². The first-order valence-electron chi connectivity index (χ1n) is 6.58. The maximum absolute atomic E-state index is 4.06. The van der Waals surface area contributed by atoms with Gasteiger partial charge in [0.25, 0.3) is 0 Å². The number of nitrogens with one attached hydrogen (secondary N) is 1. The van der Waals surface area contributed by atoms with Gasteiger partial charge >= 0.3 is 0 Å². The van der Waals surface area contributed by atoms with Crippen LogP contribution < -0.4 is 5.32 Å². The molecular weight excluding hydrogens is 224 g/mol. The van der Waals surface area contributed by atoms with Crippen molar-refractivity contribution < 1.29 is 0 Å². The molecule has 4 heteroatoms. The number of aromatic nitrogens is 3. The Morgan fingerprint density at radius 3 is 2.72 bits per heavy atom. The third-order valence-corrected chi connectivity index (χ3v) is 3.34. The summed E-state index contributed by atoms with van der Waals surface area (Å²) in [7, 11) is 0. The second-order valence-electron chi connectivity index (χ2n) is 4.79. The highest BCUT2D eigenvalue weighted by Crippen LogP contribution is 2.21. The number of hydrogen-bond acceptors (Lipinski definition) is 3. The molecule has 1 aliphatic rings. The quantitative estimate of drug-likeness (QED) is 0.874. The SMILES string of the molecule is CCn1nncc1-c1ccc(CNC2CC2)cc1. The van der Waals surface area contributed by atoms with E-state index >= 15 is 0 Å². The Balaban J connectivity index is 1.73. The molecular formula is C14H18N4. The summed E-state index contributed by atoms with van der Waals surface area (Å²) in [5.74, 6) is 0. The molecule has 0 radical (unpaired) electrons. The molecule has 3 rings (SSSR count). The number of benzene rings is 1. The molecule has 1 aromatic carbocycles. The van der Waals surface area contributed by atoms with Crippen molar-refractivity contribution in [3.8, 4) is 11.3 Å². The molecule has 1 aliphatic carbocycles. The van der Waals surface area contributed by atoms with E-state index in [2.05, 4.69) is 46.8 Å². The van der Waals surface area contributed by atoms with E-state index in [1.54, 1.807) is 0 Å². The van der Waals surface area contributed by atoms with Crippen molar-refractivity contribution in [2.24, 2.45) is 0 Å². The molecule has 0 aliphatic heterocycles. The smallest absolute Gasteiger partial charge is 0.0885 e. The average Bonchev–Trinajstić information content (AvgIpc) is 3.12. The maximum Gasteiger partial charge on any atom is 0.0885 e. The van der Waals surface area contributed by atoms with Gasteiger partial charge in [-0.15, -0.1) is 5.10 Å². The van der Waals surface area contributed by atoms with Gasteiger partial charge in [-0.05, 0) is 25.3 Å². The predicted molar refractivity (Wildman–Crippen MR) is 71.0 cm³/mol. The normalized spacial score (nSPS) is 14.9. The van der Waals surface area contributed by atoms with Crippen LogP contribution in [0.25, 0.3) is 11.3 Å². The molecule has 0 bridgehead atoms. The molecule has 0 atom stereocenters. The van der Waals surface area contributed by atoms with Crippen LogP contribution in [0.15, 0.2) is 30.5 Å². The monoisotopic (exact) mass is 242 g/mol. The Kier molecular flexibility index (Phi) is 3.11. The Morgan fingerprint density at radius 2 is 2.06 bits per heavy atom. The van der Waals surface area contributed by atoms with Gasteiger partial charge in [0.2, 0.25) is 0 Å². The lowest BCUT2D eigenvalue weighted by molar-refractivity contribution is 0.632. The van der Waals surface area contributed by atoms with Crippen LogP contribution in [0.2, 0.25) is 0 Å². The zero-order valence-corrected chi connectivity index (χ0v) is 10.6. The lowest BCUT2D eigenvalue weighted by atomic mass is 10.1. The number of aryl methyl sites for hydroxylation is 1. The Labute approximate surface area is 107 Å². The summed E-state index contributed by atoms with van der Waals surface area (Å²) in [6.45, 7) is 3.89. The summed E-state index contributed by atoms with van der Waals surface area (Å²) < 4.78 is 1.91. The van der Waals surface area contributed by atoms with Crippen molar-refractivity contribution in [2.45, 2.75) is 38.9 Å². The lowest BCUT2D eigenvalue weighted by Gasteiger charge is -2.06. The molecule has 1 N–H and O–H groups in total. The molecule has 1 aromatic heterocycles. The minimum Gasteiger partial charge on any atom is -0.310 e. The number of nitrogens with zero attached hydrogens (tertiary/aromatic N) is 3. The third-order valence-electron chi connectivity index (χ3n) is 3.34. The van der Waals surface area contributed by atoms with Gasteiger partial charge in [0.1, 0.15) is 0 Å². The summed E-state index contributed by atoms with van der Waals surface area (Å²) in [5, 5.41) is 11.5. The largest absolute Gasteiger partial charge is 0.310 e. The molecule has 0 amide bonds. The zero-order valence-electron chi connectivity index (χ0n) is 10.6. The molecule has 1 heterocycles. The molecule has 4 nitrogen and oxygen atoms in total. The fourth-order valence-corrected chi connectivity index (χ4v) is 2.06. The maximum atomic E-state index is 4.06. The lowest BCUT2D eigenvalue weighted by Crippen LogP contribution is -2.15. The minimum absolute atomic E-state index is 0.760. The van der Waals surface area contributed by atoms with E-state index < -0.39 is 0 Å². The zero-order chi connectivity index (χ0) is 12.4. The minimum atomic E-state index is 0.760. The molecule has 94 valence electrons. The van der Waals surface area contributed by atoms with E-state index in [0.717, 1.165) is 24.8 Å². The Hall–Kier alpha value is -1.68. The van der Waals surface area contributed by atoms with Gasteiger partial charge in [-0.2, -0.15) is 0 Å². The number of hydrogen-bond donors (Lipinski definition) is 1. The molecule has 2 aromatic rings. The van der Waals surface area contributed by atoms with Gasteiger partial charge in [0, 0.05) is 24.7 Å². The van der Waals surface area contributed by atoms with Crippen molar-refractivity contribution in [1.29, 1.82) is 0 Å². The van der Waals surface area contributed by atoms with E-state index in [-0.39, 0.29) is 0 Å². The topological polar surface area (TPSA) is 42.7 Å². The van der Waals surface area contributed by atoms with Crippen molar-refractivity contribution in [1.82, 2.24) is 20.3 Å². The molecule has 1 fully saturated rings. The average molecular weight is 242 g/mol. The second kappa shape index (κ2) is 4.90. The predicted octanol–water partition coefficient (Wildman–Crippen LogP) is 2.22. The fraction of sp³-hybridized carbons (Fsp3) is 0.429. The van der Waals surface area contributed by atoms with Crippen LogP contribution in [0.4, 0.5) is 0 Å². The van der Waals surface area contributed by atoms with Crippen LogP contribution in [0.3, 0.4) is 0 Å². The summed E-state index contributed by atoms with van der Waals surface area (Å²) >= 11 is 0. The molecule has 0 unspecified atom stereocenters. The fourth-order valence-electron chi connectivity index (χ4n) is 2.06. The van der Waals surface area contributed by atoms with Gasteiger partial charge in [-0.3, -0.25) is 0 Å². The van der Waals surface area contributed by atoms with Gasteiger partial charge in [0.05, 0.1) is 11.9 Å². The van der Waals surface area contributed by atoms with Crippen LogP contribution in [0, 0.1) is 0 Å². The Morgan fingerprint density at radius 1 is 1.28 bits per heavy atom. The highest BCUT2D eigenvalue weighted by Gasteiger charge is 2.19. The standard InChI is InChI=1S/C14H18N4/c1-2-18-14(10-16-17-18)12-5-3-11(4-6-12)9-15-13-7-8-13/h3-6,10,13,15H,2,7-9H2,1H3. The van der Waals surface area contributed by atoms with Crippen molar-refractivity contribution in [2.75, 3.05) is 0 Å². The summed E-state index contributed by atoms with van der Waals surface area (Å²) in [5.41, 5.74) is 3.59. The molecule has 18 heavy (non-hydrogen) atoms. The summed E-state index contributed by atoms with van der Waals surface area (Å²) in [6, 6.07) is 9.41. The summed E-state index contributed by atoms with van der Waals surface area (Å²) in [6.07, 6.45) is 4.49. The first kappa shape index (κ1) is 11.4. The van der Waals surface area contributed by atoms with Crippen LogP contribution in [-0.2, 0) is 13.1 Å². The van der Waals surface area contributed by atoms with Crippen molar-refractivity contribution >= 4 is 0 Å². The molecule has 0 spiro atoms. The molecule has 1 saturated carbocycles. The van der Waals surface area contributed by atoms with Gasteiger partial charge < -0.3 is 5.32 Å². The highest BCUT2D eigenvalue weighted by molar-refractivity contribution is 5.58. The van der Waals surface area contributed by atoms with E-state index in [9.17, 15) is 0 Å². The van der Waals surface area contributed by atoms with Crippen molar-refractivity contribution in [3.63, 3.8) is 0 Å². The van der Waals surface area contributed by atoms with Crippen molar-refractivity contribution in [3.05, 3.63) is 36.0 Å². The first-order valence-corrected chi connectivity index (χ1v) is 6.58. The highest BCUT2D eigenvalue weighted by atomic mass is 15.4. The Bertz CT molecular complexity index is 511. The van der Waals surface area contributed by atoms with E-state index in [4.69, 9.17) is 0 Å². The first-order chi connectivity index (χ1) is 8.86. The van der Waals surface area contributed by atoms with Gasteiger partial charge in [-0.25, -0.2) is 4.68 Å². The van der Waals surface area contributed by atoms with Gasteiger partial charge in [-0.1, -0.05) is 29.5 Å². The van der Waals surface area contributed by atoms with Crippen LogP contribution >= 0.6 is 0 Å².